The van der Waals surface area contributed by atoms with Crippen molar-refractivity contribution in [3.63, 3.8) is 0 Å². The van der Waals surface area contributed by atoms with Gasteiger partial charge in [0.05, 0.1) is 20.1 Å². The summed E-state index contributed by atoms with van der Waals surface area (Å²) in [4.78, 5) is 33.4. The maximum Gasteiger partial charge on any atom is 0.305 e. The SMILES string of the molecule is COC(=O)CCCCCNC(=O)c1ccnn1CCC(=O)O. The van der Waals surface area contributed by atoms with Gasteiger partial charge in [-0.25, -0.2) is 0 Å². The molecule has 1 aromatic heterocycles. The number of unbranched alkanes of at least 4 members (excludes halogenated alkanes) is 2. The summed E-state index contributed by atoms with van der Waals surface area (Å²) in [5.41, 5.74) is 0.343. The van der Waals surface area contributed by atoms with Crippen molar-refractivity contribution in [3.8, 4) is 0 Å². The van der Waals surface area contributed by atoms with E-state index in [9.17, 15) is 14.4 Å². The van der Waals surface area contributed by atoms with Gasteiger partial charge in [0, 0.05) is 19.2 Å². The molecule has 8 nitrogen and oxygen atoms in total. The Hall–Kier alpha value is -2.38. The fourth-order valence-corrected chi connectivity index (χ4v) is 1.87. The van der Waals surface area contributed by atoms with Gasteiger partial charge in [0.25, 0.3) is 5.91 Å². The van der Waals surface area contributed by atoms with Gasteiger partial charge in [0.2, 0.25) is 0 Å². The fraction of sp³-hybridized carbons (Fsp3) is 0.571. The van der Waals surface area contributed by atoms with Crippen LogP contribution < -0.4 is 5.32 Å². The standard InChI is InChI=1S/C14H21N3O5/c1-22-13(20)5-3-2-4-8-15-14(21)11-6-9-16-17(11)10-7-12(18)19/h6,9H,2-5,7-8,10H2,1H3,(H,15,21)(H,18,19). The zero-order valence-corrected chi connectivity index (χ0v) is 12.6. The molecule has 22 heavy (non-hydrogen) atoms. The number of aromatic nitrogens is 2. The lowest BCUT2D eigenvalue weighted by molar-refractivity contribution is -0.141. The van der Waals surface area contributed by atoms with Crippen LogP contribution in [0, 0.1) is 0 Å². The Labute approximate surface area is 128 Å². The summed E-state index contributed by atoms with van der Waals surface area (Å²) < 4.78 is 5.91. The van der Waals surface area contributed by atoms with E-state index in [-0.39, 0.29) is 24.8 Å². The van der Waals surface area contributed by atoms with Crippen molar-refractivity contribution < 1.29 is 24.2 Å². The van der Waals surface area contributed by atoms with Crippen LogP contribution in [0.5, 0.6) is 0 Å². The first-order valence-electron chi connectivity index (χ1n) is 7.13. The van der Waals surface area contributed by atoms with Crippen molar-refractivity contribution in [1.29, 1.82) is 0 Å². The van der Waals surface area contributed by atoms with Crippen molar-refractivity contribution in [2.45, 2.75) is 38.6 Å². The molecule has 0 aliphatic heterocycles. The van der Waals surface area contributed by atoms with Crippen LogP contribution in [0.3, 0.4) is 0 Å². The Balaban J connectivity index is 2.26. The molecule has 0 aliphatic rings. The average molecular weight is 311 g/mol. The number of hydrogen-bond donors (Lipinski definition) is 2. The van der Waals surface area contributed by atoms with E-state index in [1.54, 1.807) is 6.07 Å². The first kappa shape index (κ1) is 17.7. The summed E-state index contributed by atoms with van der Waals surface area (Å²) in [6.45, 7) is 0.647. The van der Waals surface area contributed by atoms with E-state index in [4.69, 9.17) is 5.11 Å². The summed E-state index contributed by atoms with van der Waals surface area (Å²) in [6, 6.07) is 1.55. The molecule has 0 atom stereocenters. The molecule has 0 bridgehead atoms. The third-order valence-corrected chi connectivity index (χ3v) is 3.06. The first-order chi connectivity index (χ1) is 10.5. The van der Waals surface area contributed by atoms with Crippen LogP contribution in [0.15, 0.2) is 12.3 Å². The van der Waals surface area contributed by atoms with Crippen LogP contribution >= 0.6 is 0 Å². The molecule has 0 saturated heterocycles. The predicted octanol–water partition coefficient (Wildman–Crippen LogP) is 0.821. The number of amides is 1. The zero-order chi connectivity index (χ0) is 16.4. The number of carbonyl (C=O) groups excluding carboxylic acids is 2. The number of hydrogen-bond acceptors (Lipinski definition) is 5. The lowest BCUT2D eigenvalue weighted by Crippen LogP contribution is -2.27. The maximum atomic E-state index is 12.0. The van der Waals surface area contributed by atoms with Gasteiger partial charge in [0.1, 0.15) is 5.69 Å². The summed E-state index contributed by atoms with van der Waals surface area (Å²) in [5.74, 6) is -1.45. The van der Waals surface area contributed by atoms with E-state index in [1.165, 1.54) is 18.0 Å². The normalized spacial score (nSPS) is 10.2. The third kappa shape index (κ3) is 6.38. The van der Waals surface area contributed by atoms with Gasteiger partial charge >= 0.3 is 11.9 Å². The highest BCUT2D eigenvalue weighted by atomic mass is 16.5. The highest BCUT2D eigenvalue weighted by Gasteiger charge is 2.12. The van der Waals surface area contributed by atoms with E-state index in [0.29, 0.717) is 18.7 Å². The Kier molecular flexibility index (Phi) is 7.66. The second-order valence-electron chi connectivity index (χ2n) is 4.73. The van der Waals surface area contributed by atoms with Gasteiger partial charge in [0.15, 0.2) is 0 Å². The molecule has 0 saturated carbocycles. The first-order valence-corrected chi connectivity index (χ1v) is 7.13. The molecule has 1 amide bonds. The topological polar surface area (TPSA) is 111 Å². The van der Waals surface area contributed by atoms with E-state index in [2.05, 4.69) is 15.2 Å². The number of esters is 1. The predicted molar refractivity (Wildman–Crippen MR) is 77.3 cm³/mol. The average Bonchev–Trinajstić information content (AvgIpc) is 2.96. The Morgan fingerprint density at radius 3 is 2.73 bits per heavy atom. The van der Waals surface area contributed by atoms with Crippen molar-refractivity contribution >= 4 is 17.8 Å². The summed E-state index contributed by atoms with van der Waals surface area (Å²) in [7, 11) is 1.36. The largest absolute Gasteiger partial charge is 0.481 e. The lowest BCUT2D eigenvalue weighted by Gasteiger charge is -2.07. The second-order valence-corrected chi connectivity index (χ2v) is 4.73. The van der Waals surface area contributed by atoms with Crippen LogP contribution in [-0.4, -0.2) is 46.4 Å². The summed E-state index contributed by atoms with van der Waals surface area (Å²) in [6.07, 6.45) is 4.05. The minimum Gasteiger partial charge on any atom is -0.481 e. The van der Waals surface area contributed by atoms with Gasteiger partial charge in [-0.1, -0.05) is 6.42 Å². The smallest absolute Gasteiger partial charge is 0.305 e. The van der Waals surface area contributed by atoms with Crippen LogP contribution in [0.25, 0.3) is 0 Å². The van der Waals surface area contributed by atoms with Crippen molar-refractivity contribution in [3.05, 3.63) is 18.0 Å². The molecule has 2 N–H and O–H groups in total. The Morgan fingerprint density at radius 2 is 2.05 bits per heavy atom. The summed E-state index contributed by atoms with van der Waals surface area (Å²) in [5, 5.41) is 15.3. The van der Waals surface area contributed by atoms with Gasteiger partial charge in [-0.3, -0.25) is 19.1 Å². The quantitative estimate of drug-likeness (QED) is 0.489. The van der Waals surface area contributed by atoms with Crippen molar-refractivity contribution in [2.75, 3.05) is 13.7 Å². The molecule has 0 aliphatic carbocycles. The number of aliphatic carboxylic acids is 1. The van der Waals surface area contributed by atoms with Crippen molar-refractivity contribution in [2.24, 2.45) is 0 Å². The number of nitrogens with one attached hydrogen (secondary N) is 1. The Bertz CT molecular complexity index is 512. The fourth-order valence-electron chi connectivity index (χ4n) is 1.87. The molecule has 0 aromatic carbocycles. The highest BCUT2D eigenvalue weighted by Crippen LogP contribution is 2.03. The van der Waals surface area contributed by atoms with E-state index >= 15 is 0 Å². The number of ether oxygens (including phenoxy) is 1. The number of carboxylic acids is 1. The molecular formula is C14H21N3O5. The van der Waals surface area contributed by atoms with Crippen LogP contribution in [0.2, 0.25) is 0 Å². The molecule has 0 fully saturated rings. The molecular weight excluding hydrogens is 290 g/mol. The minimum absolute atomic E-state index is 0.0878. The minimum atomic E-state index is -0.938. The molecule has 0 unspecified atom stereocenters. The summed E-state index contributed by atoms with van der Waals surface area (Å²) >= 11 is 0. The van der Waals surface area contributed by atoms with Gasteiger partial charge in [-0.15, -0.1) is 0 Å². The van der Waals surface area contributed by atoms with Crippen LogP contribution in [-0.2, 0) is 20.9 Å². The third-order valence-electron chi connectivity index (χ3n) is 3.06. The monoisotopic (exact) mass is 311 g/mol. The number of rotatable bonds is 10. The molecule has 1 rings (SSSR count). The number of carbonyl (C=O) groups is 3. The molecule has 1 heterocycles. The number of methoxy groups -OCH3 is 1. The van der Waals surface area contributed by atoms with Crippen LogP contribution in [0.1, 0.15) is 42.6 Å². The number of nitrogens with zero attached hydrogens (tertiary/aromatic N) is 2. The van der Waals surface area contributed by atoms with Gasteiger partial charge < -0.3 is 15.2 Å². The van der Waals surface area contributed by atoms with Crippen LogP contribution in [0.4, 0.5) is 0 Å². The molecule has 122 valence electrons. The van der Waals surface area contributed by atoms with Gasteiger partial charge in [-0.05, 0) is 18.9 Å². The maximum absolute atomic E-state index is 12.0. The second kappa shape index (κ2) is 9.54. The number of aryl methyl sites for hydroxylation is 1. The molecule has 8 heteroatoms. The Morgan fingerprint density at radius 1 is 1.27 bits per heavy atom. The number of carboxylic acid groups (broad SMARTS) is 1. The van der Waals surface area contributed by atoms with E-state index in [1.807, 2.05) is 0 Å². The molecule has 0 spiro atoms. The highest BCUT2D eigenvalue weighted by molar-refractivity contribution is 5.92. The lowest BCUT2D eigenvalue weighted by atomic mass is 10.2. The van der Waals surface area contributed by atoms with E-state index < -0.39 is 5.97 Å². The van der Waals surface area contributed by atoms with E-state index in [0.717, 1.165) is 19.3 Å². The van der Waals surface area contributed by atoms with Crippen molar-refractivity contribution in [1.82, 2.24) is 15.1 Å². The van der Waals surface area contributed by atoms with Gasteiger partial charge in [-0.2, -0.15) is 5.10 Å². The molecule has 0 radical (unpaired) electrons. The molecule has 1 aromatic rings. The zero-order valence-electron chi connectivity index (χ0n) is 12.6.